The Bertz CT molecular complexity index is 843. The Morgan fingerprint density at radius 1 is 0.370 bits per heavy atom. The van der Waals surface area contributed by atoms with Crippen LogP contribution < -0.4 is 5.14 Å². The van der Waals surface area contributed by atoms with Gasteiger partial charge in [-0.2, -0.15) is 0 Å². The average Bonchev–Trinajstić information content (AvgIpc) is 3.04. The van der Waals surface area contributed by atoms with Crippen LogP contribution in [-0.4, -0.2) is 8.42 Å². The molecule has 4 heteroatoms. The minimum Gasteiger partial charge on any atom is -0.225 e. The van der Waals surface area contributed by atoms with Crippen LogP contribution in [0.5, 0.6) is 0 Å². The number of rotatable bonds is 35. The van der Waals surface area contributed by atoms with Gasteiger partial charge in [-0.15, -0.1) is 0 Å². The maximum Gasteiger partial charge on any atom is 0.238 e. The number of unbranched alkanes of at least 4 members (excludes halogenated alkanes) is 30. The van der Waals surface area contributed by atoms with Crippen LogP contribution in [-0.2, 0) is 22.9 Å². The normalized spacial score (nSPS) is 11.9. The number of hydrogen-bond acceptors (Lipinski definition) is 2. The van der Waals surface area contributed by atoms with E-state index >= 15 is 0 Å². The fourth-order valence-corrected chi connectivity index (χ4v) is 7.57. The van der Waals surface area contributed by atoms with Crippen LogP contribution in [0.2, 0.25) is 0 Å². The highest BCUT2D eigenvalue weighted by Crippen LogP contribution is 2.20. The number of aryl methyl sites for hydroxylation is 2. The number of hydrogen-bond donors (Lipinski definition) is 1. The topological polar surface area (TPSA) is 60.2 Å². The molecule has 2 N–H and O–H groups in total. The van der Waals surface area contributed by atoms with E-state index in [-0.39, 0.29) is 0 Å². The molecule has 0 fully saturated rings. The summed E-state index contributed by atoms with van der Waals surface area (Å²) in [4.78, 5) is 0.299. The van der Waals surface area contributed by atoms with Gasteiger partial charge in [0.2, 0.25) is 10.0 Å². The summed E-state index contributed by atoms with van der Waals surface area (Å²) in [7, 11) is -3.67. The van der Waals surface area contributed by atoms with E-state index in [1.165, 1.54) is 193 Å². The van der Waals surface area contributed by atoms with Crippen molar-refractivity contribution in [2.24, 2.45) is 5.14 Å². The van der Waals surface area contributed by atoms with Gasteiger partial charge in [0.05, 0.1) is 4.90 Å². The molecule has 3 nitrogen and oxygen atoms in total. The standard InChI is InChI=1S/C42H79NO2S/c1-3-5-7-9-11-13-15-17-19-21-23-25-27-29-31-33-35-40-37-41(39-42(38-40)46(43,44)45)36-34-32-30-28-26-24-22-20-18-16-14-12-10-8-6-4-2/h37-39H,3-36H2,1-2H3,(H2,43,44,45). The molecule has 0 bridgehead atoms. The second-order valence-electron chi connectivity index (χ2n) is 14.6. The van der Waals surface area contributed by atoms with Gasteiger partial charge in [0.15, 0.2) is 0 Å². The smallest absolute Gasteiger partial charge is 0.225 e. The Hall–Kier alpha value is -0.870. The van der Waals surface area contributed by atoms with Crippen LogP contribution in [0.15, 0.2) is 23.1 Å². The van der Waals surface area contributed by atoms with Crippen LogP contribution in [0, 0.1) is 0 Å². The summed E-state index contributed by atoms with van der Waals surface area (Å²) in [6, 6.07) is 5.88. The van der Waals surface area contributed by atoms with E-state index in [9.17, 15) is 8.42 Å². The lowest BCUT2D eigenvalue weighted by Gasteiger charge is -2.10. The minimum absolute atomic E-state index is 0.299. The molecule has 0 aromatic heterocycles. The highest BCUT2D eigenvalue weighted by Gasteiger charge is 2.11. The van der Waals surface area contributed by atoms with Crippen molar-refractivity contribution < 1.29 is 8.42 Å². The SMILES string of the molecule is CCCCCCCCCCCCCCCCCCc1cc(CCCCCCCCCCCCCCCCCC)cc(S(N)(=O)=O)c1. The molecular weight excluding hydrogens is 583 g/mol. The first-order chi connectivity index (χ1) is 22.5. The van der Waals surface area contributed by atoms with E-state index in [1.54, 1.807) is 0 Å². The van der Waals surface area contributed by atoms with E-state index in [0.717, 1.165) is 36.8 Å². The van der Waals surface area contributed by atoms with E-state index in [4.69, 9.17) is 5.14 Å². The summed E-state index contributed by atoms with van der Waals surface area (Å²) in [5, 5.41) is 5.55. The minimum atomic E-state index is -3.67. The molecule has 0 aliphatic carbocycles. The first-order valence-electron chi connectivity index (χ1n) is 20.6. The quantitative estimate of drug-likeness (QED) is 0.0736. The summed E-state index contributed by atoms with van der Waals surface area (Å²) in [6.45, 7) is 4.58. The lowest BCUT2D eigenvalue weighted by Crippen LogP contribution is -2.13. The monoisotopic (exact) mass is 662 g/mol. The van der Waals surface area contributed by atoms with Crippen molar-refractivity contribution in [3.63, 3.8) is 0 Å². The summed E-state index contributed by atoms with van der Waals surface area (Å²) in [6.07, 6.45) is 45.7. The van der Waals surface area contributed by atoms with Gasteiger partial charge >= 0.3 is 0 Å². The van der Waals surface area contributed by atoms with Crippen molar-refractivity contribution in [1.29, 1.82) is 0 Å². The van der Waals surface area contributed by atoms with Crippen LogP contribution in [0.25, 0.3) is 0 Å². The molecule has 1 aromatic carbocycles. The predicted molar refractivity (Wildman–Crippen MR) is 204 cm³/mol. The number of benzene rings is 1. The Balaban J connectivity index is 2.09. The first kappa shape index (κ1) is 43.2. The van der Waals surface area contributed by atoms with Crippen LogP contribution in [0.1, 0.15) is 230 Å². The van der Waals surface area contributed by atoms with Crippen LogP contribution in [0.4, 0.5) is 0 Å². The van der Waals surface area contributed by atoms with Gasteiger partial charge in [-0.05, 0) is 48.9 Å². The van der Waals surface area contributed by atoms with Gasteiger partial charge in [-0.25, -0.2) is 13.6 Å². The Labute approximate surface area is 289 Å². The molecule has 0 radical (unpaired) electrons. The molecule has 0 aliphatic rings. The molecule has 0 saturated carbocycles. The van der Waals surface area contributed by atoms with Crippen molar-refractivity contribution >= 4 is 10.0 Å². The van der Waals surface area contributed by atoms with Gasteiger partial charge in [-0.3, -0.25) is 0 Å². The largest absolute Gasteiger partial charge is 0.238 e. The molecule has 1 aromatic rings. The van der Waals surface area contributed by atoms with Gasteiger partial charge in [-0.1, -0.05) is 213 Å². The summed E-state index contributed by atoms with van der Waals surface area (Å²) in [5.41, 5.74) is 2.28. The van der Waals surface area contributed by atoms with Gasteiger partial charge in [0, 0.05) is 0 Å². The zero-order chi connectivity index (χ0) is 33.4. The lowest BCUT2D eigenvalue weighted by molar-refractivity contribution is 0.529. The molecule has 270 valence electrons. The van der Waals surface area contributed by atoms with E-state index in [2.05, 4.69) is 19.9 Å². The van der Waals surface area contributed by atoms with E-state index < -0.39 is 10.0 Å². The van der Waals surface area contributed by atoms with Gasteiger partial charge < -0.3 is 0 Å². The second kappa shape index (κ2) is 31.4. The van der Waals surface area contributed by atoms with Crippen molar-refractivity contribution in [3.05, 3.63) is 29.3 Å². The summed E-state index contributed by atoms with van der Waals surface area (Å²) in [5.74, 6) is 0. The molecule has 0 heterocycles. The molecule has 0 aliphatic heterocycles. The van der Waals surface area contributed by atoms with Gasteiger partial charge in [0.1, 0.15) is 0 Å². The third-order valence-corrected chi connectivity index (χ3v) is 10.9. The Morgan fingerprint density at radius 3 is 0.804 bits per heavy atom. The number of primary sulfonamides is 1. The molecular formula is C42H79NO2S. The summed E-state index contributed by atoms with van der Waals surface area (Å²) >= 11 is 0. The van der Waals surface area contributed by atoms with Crippen molar-refractivity contribution in [3.8, 4) is 0 Å². The Kier molecular flexibility index (Phi) is 29.5. The number of nitrogens with two attached hydrogens (primary N) is 1. The van der Waals surface area contributed by atoms with E-state index in [1.807, 2.05) is 12.1 Å². The average molecular weight is 662 g/mol. The van der Waals surface area contributed by atoms with Crippen molar-refractivity contribution in [1.82, 2.24) is 0 Å². The maximum atomic E-state index is 12.2. The third-order valence-electron chi connectivity index (χ3n) is 9.99. The Morgan fingerprint density at radius 2 is 0.587 bits per heavy atom. The zero-order valence-corrected chi connectivity index (χ0v) is 31.9. The molecule has 0 saturated heterocycles. The molecule has 0 spiro atoms. The van der Waals surface area contributed by atoms with E-state index in [0.29, 0.717) is 4.90 Å². The molecule has 0 atom stereocenters. The fourth-order valence-electron chi connectivity index (χ4n) is 6.94. The lowest BCUT2D eigenvalue weighted by atomic mass is 9.99. The third kappa shape index (κ3) is 27.1. The highest BCUT2D eigenvalue weighted by molar-refractivity contribution is 7.89. The van der Waals surface area contributed by atoms with Crippen molar-refractivity contribution in [2.75, 3.05) is 0 Å². The van der Waals surface area contributed by atoms with Crippen LogP contribution >= 0.6 is 0 Å². The number of sulfonamides is 1. The molecule has 0 amide bonds. The maximum absolute atomic E-state index is 12.2. The summed E-state index contributed by atoms with van der Waals surface area (Å²) < 4.78 is 24.3. The zero-order valence-electron chi connectivity index (χ0n) is 31.1. The molecule has 46 heavy (non-hydrogen) atoms. The molecule has 0 unspecified atom stereocenters. The first-order valence-corrected chi connectivity index (χ1v) is 22.2. The second-order valence-corrected chi connectivity index (χ2v) is 16.2. The van der Waals surface area contributed by atoms with Crippen LogP contribution in [0.3, 0.4) is 0 Å². The predicted octanol–water partition coefficient (Wildman–Crippen LogP) is 13.9. The molecule has 1 rings (SSSR count). The van der Waals surface area contributed by atoms with Crippen molar-refractivity contribution in [2.45, 2.75) is 237 Å². The fraction of sp³-hybridized carbons (Fsp3) is 0.857. The highest BCUT2D eigenvalue weighted by atomic mass is 32.2. The van der Waals surface area contributed by atoms with Gasteiger partial charge in [0.25, 0.3) is 0 Å².